The molecule has 0 saturated carbocycles. The summed E-state index contributed by atoms with van der Waals surface area (Å²) in [7, 11) is 1.99. The highest BCUT2D eigenvalue weighted by molar-refractivity contribution is 5.87. The zero-order valence-electron chi connectivity index (χ0n) is 14.6. The predicted octanol–water partition coefficient (Wildman–Crippen LogP) is 0.247. The molecular weight excluding hydrogens is 310 g/mol. The van der Waals surface area contributed by atoms with Crippen molar-refractivity contribution in [1.82, 2.24) is 24.8 Å². The van der Waals surface area contributed by atoms with Crippen molar-refractivity contribution in [2.75, 3.05) is 39.8 Å². The molecule has 132 valence electrons. The van der Waals surface area contributed by atoms with E-state index < -0.39 is 0 Å². The normalized spacial score (nSPS) is 23.5. The number of aryl methyl sites for hydroxylation is 1. The van der Waals surface area contributed by atoms with Crippen LogP contribution in [0.25, 0.3) is 0 Å². The zero-order valence-corrected chi connectivity index (χ0v) is 14.6. The van der Waals surface area contributed by atoms with E-state index in [0.29, 0.717) is 32.1 Å². The molecule has 2 amide bonds. The number of nitrogens with zero attached hydrogens (tertiary/aromatic N) is 5. The van der Waals surface area contributed by atoms with Gasteiger partial charge in [-0.3, -0.25) is 9.59 Å². The molecule has 1 aromatic rings. The van der Waals surface area contributed by atoms with Crippen molar-refractivity contribution in [2.45, 2.75) is 38.6 Å². The average molecular weight is 335 g/mol. The van der Waals surface area contributed by atoms with Gasteiger partial charge in [0.25, 0.3) is 0 Å². The van der Waals surface area contributed by atoms with Gasteiger partial charge < -0.3 is 19.2 Å². The minimum absolute atomic E-state index is 0.0291. The van der Waals surface area contributed by atoms with Crippen molar-refractivity contribution >= 4 is 11.8 Å². The molecule has 2 saturated heterocycles. The SMILES string of the molecule is CC(=O)N1CCN(C)C[C@H]1C(=O)N1CCC(c2noc(C)n2)CC1. The molecule has 3 rings (SSSR count). The molecule has 1 atom stereocenters. The molecule has 2 fully saturated rings. The number of rotatable bonds is 2. The summed E-state index contributed by atoms with van der Waals surface area (Å²) in [6.45, 7) is 6.68. The van der Waals surface area contributed by atoms with Crippen molar-refractivity contribution in [3.8, 4) is 0 Å². The molecule has 0 aliphatic carbocycles. The first-order valence-corrected chi connectivity index (χ1v) is 8.50. The lowest BCUT2D eigenvalue weighted by molar-refractivity contribution is -0.148. The van der Waals surface area contributed by atoms with Gasteiger partial charge in [-0.1, -0.05) is 5.16 Å². The van der Waals surface area contributed by atoms with Crippen LogP contribution in [0.5, 0.6) is 0 Å². The van der Waals surface area contributed by atoms with Crippen LogP contribution in [0.2, 0.25) is 0 Å². The predicted molar refractivity (Wildman–Crippen MR) is 86.3 cm³/mol. The minimum atomic E-state index is -0.370. The summed E-state index contributed by atoms with van der Waals surface area (Å²) >= 11 is 0. The summed E-state index contributed by atoms with van der Waals surface area (Å²) in [5.74, 6) is 1.58. The number of carbonyl (C=O) groups is 2. The first-order chi connectivity index (χ1) is 11.5. The number of piperazine rings is 1. The monoisotopic (exact) mass is 335 g/mol. The lowest BCUT2D eigenvalue weighted by Gasteiger charge is -2.42. The highest BCUT2D eigenvalue weighted by Crippen LogP contribution is 2.27. The molecule has 0 unspecified atom stereocenters. The highest BCUT2D eigenvalue weighted by atomic mass is 16.5. The smallest absolute Gasteiger partial charge is 0.246 e. The number of hydrogen-bond acceptors (Lipinski definition) is 6. The minimum Gasteiger partial charge on any atom is -0.341 e. The molecule has 0 bridgehead atoms. The molecular formula is C16H25N5O3. The summed E-state index contributed by atoms with van der Waals surface area (Å²) < 4.78 is 5.05. The largest absolute Gasteiger partial charge is 0.341 e. The fraction of sp³-hybridized carbons (Fsp3) is 0.750. The van der Waals surface area contributed by atoms with Crippen LogP contribution < -0.4 is 0 Å². The summed E-state index contributed by atoms with van der Waals surface area (Å²) in [4.78, 5) is 34.8. The van der Waals surface area contributed by atoms with Gasteiger partial charge >= 0.3 is 0 Å². The fourth-order valence-electron chi connectivity index (χ4n) is 3.56. The fourth-order valence-corrected chi connectivity index (χ4v) is 3.56. The molecule has 2 aliphatic heterocycles. The van der Waals surface area contributed by atoms with E-state index >= 15 is 0 Å². The third kappa shape index (κ3) is 3.43. The van der Waals surface area contributed by atoms with Crippen LogP contribution >= 0.6 is 0 Å². The molecule has 24 heavy (non-hydrogen) atoms. The van der Waals surface area contributed by atoms with Gasteiger partial charge in [0.15, 0.2) is 5.82 Å². The van der Waals surface area contributed by atoms with Crippen LogP contribution in [0, 0.1) is 6.92 Å². The molecule has 8 nitrogen and oxygen atoms in total. The van der Waals surface area contributed by atoms with Gasteiger partial charge in [0.1, 0.15) is 6.04 Å². The Morgan fingerprint density at radius 1 is 1.17 bits per heavy atom. The molecule has 0 spiro atoms. The van der Waals surface area contributed by atoms with Gasteiger partial charge in [0.05, 0.1) is 0 Å². The van der Waals surface area contributed by atoms with Crippen molar-refractivity contribution in [2.24, 2.45) is 0 Å². The van der Waals surface area contributed by atoms with E-state index in [1.807, 2.05) is 11.9 Å². The molecule has 3 heterocycles. The number of hydrogen-bond donors (Lipinski definition) is 0. The van der Waals surface area contributed by atoms with Gasteiger partial charge in [-0.15, -0.1) is 0 Å². The molecule has 2 aliphatic rings. The summed E-state index contributed by atoms with van der Waals surface area (Å²) in [5.41, 5.74) is 0. The van der Waals surface area contributed by atoms with Gasteiger partial charge in [-0.2, -0.15) is 4.98 Å². The Balaban J connectivity index is 1.62. The Bertz CT molecular complexity index is 609. The van der Waals surface area contributed by atoms with Gasteiger partial charge in [0, 0.05) is 52.5 Å². The van der Waals surface area contributed by atoms with E-state index in [0.717, 1.165) is 25.2 Å². The van der Waals surface area contributed by atoms with Crippen LogP contribution in [0.15, 0.2) is 4.52 Å². The summed E-state index contributed by atoms with van der Waals surface area (Å²) in [6.07, 6.45) is 1.65. The Labute approximate surface area is 141 Å². The van der Waals surface area contributed by atoms with Crippen LogP contribution in [0.4, 0.5) is 0 Å². The van der Waals surface area contributed by atoms with Crippen molar-refractivity contribution in [3.05, 3.63) is 11.7 Å². The number of aromatic nitrogens is 2. The maximum Gasteiger partial charge on any atom is 0.246 e. The van der Waals surface area contributed by atoms with E-state index in [1.165, 1.54) is 6.92 Å². The van der Waals surface area contributed by atoms with Crippen LogP contribution in [0.1, 0.15) is 37.4 Å². The molecule has 8 heteroatoms. The number of piperidine rings is 1. The lowest BCUT2D eigenvalue weighted by Crippen LogP contribution is -2.60. The molecule has 0 N–H and O–H groups in total. The standard InChI is InChI=1S/C16H25N5O3/c1-11-17-15(18-24-11)13-4-6-20(7-5-13)16(23)14-10-19(3)8-9-21(14)12(2)22/h13-14H,4-10H2,1-3H3/t14-/m0/s1. The zero-order chi connectivity index (χ0) is 17.3. The van der Waals surface area contributed by atoms with Crippen molar-refractivity contribution < 1.29 is 14.1 Å². The van der Waals surface area contributed by atoms with Gasteiger partial charge in [-0.25, -0.2) is 0 Å². The number of likely N-dealkylation sites (N-methyl/N-ethyl adjacent to an activating group) is 1. The second kappa shape index (κ2) is 6.88. The lowest BCUT2D eigenvalue weighted by atomic mass is 9.95. The van der Waals surface area contributed by atoms with E-state index in [9.17, 15) is 9.59 Å². The van der Waals surface area contributed by atoms with E-state index in [4.69, 9.17) is 4.52 Å². The second-order valence-corrected chi connectivity index (χ2v) is 6.76. The maximum absolute atomic E-state index is 12.9. The third-order valence-electron chi connectivity index (χ3n) is 4.99. The molecule has 0 radical (unpaired) electrons. The third-order valence-corrected chi connectivity index (χ3v) is 4.99. The first-order valence-electron chi connectivity index (χ1n) is 8.50. The topological polar surface area (TPSA) is 82.8 Å². The van der Waals surface area contributed by atoms with Gasteiger partial charge in [-0.05, 0) is 19.9 Å². The van der Waals surface area contributed by atoms with Crippen LogP contribution in [-0.4, -0.2) is 82.5 Å². The number of carbonyl (C=O) groups excluding carboxylic acids is 2. The van der Waals surface area contributed by atoms with E-state index in [-0.39, 0.29) is 23.8 Å². The number of likely N-dealkylation sites (tertiary alicyclic amines) is 1. The summed E-state index contributed by atoms with van der Waals surface area (Å²) in [6, 6.07) is -0.370. The summed E-state index contributed by atoms with van der Waals surface area (Å²) in [5, 5.41) is 4.00. The highest BCUT2D eigenvalue weighted by Gasteiger charge is 2.37. The van der Waals surface area contributed by atoms with Crippen LogP contribution in [-0.2, 0) is 9.59 Å². The number of amides is 2. The van der Waals surface area contributed by atoms with Gasteiger partial charge in [0.2, 0.25) is 17.7 Å². The van der Waals surface area contributed by atoms with Crippen molar-refractivity contribution in [3.63, 3.8) is 0 Å². The Hall–Kier alpha value is -1.96. The molecule has 0 aromatic carbocycles. The van der Waals surface area contributed by atoms with E-state index in [2.05, 4.69) is 15.0 Å². The first kappa shape index (κ1) is 16.9. The Kier molecular flexibility index (Phi) is 4.84. The average Bonchev–Trinajstić information content (AvgIpc) is 3.00. The Morgan fingerprint density at radius 3 is 2.46 bits per heavy atom. The van der Waals surface area contributed by atoms with E-state index in [1.54, 1.807) is 11.8 Å². The van der Waals surface area contributed by atoms with Crippen LogP contribution in [0.3, 0.4) is 0 Å². The maximum atomic E-state index is 12.9. The second-order valence-electron chi connectivity index (χ2n) is 6.76. The van der Waals surface area contributed by atoms with Crippen molar-refractivity contribution in [1.29, 1.82) is 0 Å². The molecule has 1 aromatic heterocycles. The Morgan fingerprint density at radius 2 is 1.88 bits per heavy atom. The quantitative estimate of drug-likeness (QED) is 0.770.